The molecular weight excluding hydrogens is 360 g/mol. The summed E-state index contributed by atoms with van der Waals surface area (Å²) in [5, 5.41) is 2.94. The summed E-state index contributed by atoms with van der Waals surface area (Å²) in [5.74, 6) is -0.321. The van der Waals surface area contributed by atoms with Gasteiger partial charge in [0.15, 0.2) is 5.54 Å². The highest BCUT2D eigenvalue weighted by Crippen LogP contribution is 2.29. The third kappa shape index (κ3) is 3.47. The van der Waals surface area contributed by atoms with Gasteiger partial charge in [0.05, 0.1) is 0 Å². The van der Waals surface area contributed by atoms with Gasteiger partial charge in [-0.1, -0.05) is 29.8 Å². The van der Waals surface area contributed by atoms with Crippen molar-refractivity contribution in [2.75, 3.05) is 0 Å². The first-order chi connectivity index (χ1) is 10.7. The maximum atomic E-state index is 12.5. The summed E-state index contributed by atoms with van der Waals surface area (Å²) in [5.41, 5.74) is -1.16. The summed E-state index contributed by atoms with van der Waals surface area (Å²) >= 11 is 3.34. The Morgan fingerprint density at radius 3 is 2.43 bits per heavy atom. The maximum absolute atomic E-state index is 12.5. The van der Waals surface area contributed by atoms with Crippen LogP contribution >= 0.6 is 15.9 Å². The third-order valence-electron chi connectivity index (χ3n) is 4.34. The summed E-state index contributed by atoms with van der Waals surface area (Å²) in [6.45, 7) is 7.36. The van der Waals surface area contributed by atoms with Crippen LogP contribution in [0.3, 0.4) is 0 Å². The molecule has 0 radical (unpaired) electrons. The highest BCUT2D eigenvalue weighted by atomic mass is 79.9. The van der Waals surface area contributed by atoms with E-state index in [0.29, 0.717) is 18.4 Å². The second-order valence-electron chi connectivity index (χ2n) is 6.08. The van der Waals surface area contributed by atoms with Crippen molar-refractivity contribution < 1.29 is 14.3 Å². The molecule has 6 heteroatoms. The van der Waals surface area contributed by atoms with Crippen molar-refractivity contribution in [1.29, 1.82) is 0 Å². The smallest absolute Gasteiger partial charge is 0.340 e. The zero-order valence-electron chi connectivity index (χ0n) is 13.8. The third-order valence-corrected chi connectivity index (χ3v) is 4.87. The average molecular weight is 381 g/mol. The van der Waals surface area contributed by atoms with Crippen LogP contribution in [-0.4, -0.2) is 28.9 Å². The van der Waals surface area contributed by atoms with E-state index < -0.39 is 11.1 Å². The predicted molar refractivity (Wildman–Crippen MR) is 92.5 cm³/mol. The molecular formula is C17H21BrN2O3. The average Bonchev–Trinajstić information content (AvgIpc) is 2.84. The molecule has 0 bridgehead atoms. The first-order valence-electron chi connectivity index (χ1n) is 7.65. The van der Waals surface area contributed by atoms with Gasteiger partial charge < -0.3 is 10.1 Å². The molecule has 1 aliphatic heterocycles. The molecule has 2 atom stereocenters. The zero-order chi connectivity index (χ0) is 17.3. The van der Waals surface area contributed by atoms with E-state index in [2.05, 4.69) is 26.2 Å². The molecule has 0 saturated carbocycles. The summed E-state index contributed by atoms with van der Waals surface area (Å²) in [4.78, 5) is 29.0. The van der Waals surface area contributed by atoms with Gasteiger partial charge in [0.25, 0.3) is 5.91 Å². The monoisotopic (exact) mass is 380 g/mol. The lowest BCUT2D eigenvalue weighted by atomic mass is 9.97. The van der Waals surface area contributed by atoms with E-state index >= 15 is 0 Å². The Morgan fingerprint density at radius 1 is 1.35 bits per heavy atom. The molecule has 1 aliphatic rings. The fourth-order valence-corrected chi connectivity index (χ4v) is 2.43. The van der Waals surface area contributed by atoms with Crippen LogP contribution in [0.15, 0.2) is 33.7 Å². The van der Waals surface area contributed by atoms with E-state index in [1.54, 1.807) is 31.2 Å². The van der Waals surface area contributed by atoms with E-state index in [0.717, 1.165) is 4.47 Å². The van der Waals surface area contributed by atoms with Crippen molar-refractivity contribution >= 4 is 33.7 Å². The summed E-state index contributed by atoms with van der Waals surface area (Å²) < 4.78 is 6.27. The molecule has 0 aliphatic carbocycles. The minimum Gasteiger partial charge on any atom is -0.407 e. The predicted octanol–water partition coefficient (Wildman–Crippen LogP) is 3.47. The molecule has 0 spiro atoms. The number of cyclic esters (lactones) is 1. The standard InChI is InChI=1S/C17H21BrN2O3/c1-5-16(3,14-20-17(4,6-2)15(22)23-14)19-13(21)11-7-9-12(18)10-8-11/h7-10H,5-6H2,1-4H3,(H,19,21)/t16-,17+/m1/s1. The Balaban J connectivity index is 2.24. The molecule has 124 valence electrons. The number of nitrogens with zero attached hydrogens (tertiary/aromatic N) is 1. The number of amides is 1. The molecule has 1 N–H and O–H groups in total. The zero-order valence-corrected chi connectivity index (χ0v) is 15.4. The van der Waals surface area contributed by atoms with Crippen LogP contribution in [-0.2, 0) is 9.53 Å². The van der Waals surface area contributed by atoms with E-state index in [1.165, 1.54) is 0 Å². The summed E-state index contributed by atoms with van der Waals surface area (Å²) in [6, 6.07) is 7.07. The fourth-order valence-electron chi connectivity index (χ4n) is 2.17. The second kappa shape index (κ2) is 6.43. The lowest BCUT2D eigenvalue weighted by molar-refractivity contribution is -0.138. The largest absolute Gasteiger partial charge is 0.407 e. The molecule has 1 aromatic rings. The number of nitrogens with one attached hydrogen (secondary N) is 1. The SMILES string of the molecule is CC[C@@](C)(NC(=O)c1ccc(Br)cc1)C1=N[C@@](C)(CC)C(=O)O1. The molecule has 1 amide bonds. The Hall–Kier alpha value is -1.69. The highest BCUT2D eigenvalue weighted by molar-refractivity contribution is 9.10. The van der Waals surface area contributed by atoms with Crippen molar-refractivity contribution in [3.05, 3.63) is 34.3 Å². The Bertz CT molecular complexity index is 656. The lowest BCUT2D eigenvalue weighted by Crippen LogP contribution is -2.52. The van der Waals surface area contributed by atoms with E-state index in [1.807, 2.05) is 20.8 Å². The minimum absolute atomic E-state index is 0.231. The minimum atomic E-state index is -0.867. The highest BCUT2D eigenvalue weighted by Gasteiger charge is 2.46. The van der Waals surface area contributed by atoms with Crippen molar-refractivity contribution in [3.63, 3.8) is 0 Å². The van der Waals surface area contributed by atoms with Gasteiger partial charge in [-0.15, -0.1) is 0 Å². The molecule has 2 rings (SSSR count). The number of esters is 1. The Labute approximate surface area is 144 Å². The van der Waals surface area contributed by atoms with Gasteiger partial charge in [-0.05, 0) is 51.0 Å². The number of rotatable bonds is 5. The van der Waals surface area contributed by atoms with E-state index in [-0.39, 0.29) is 17.8 Å². The van der Waals surface area contributed by atoms with Crippen molar-refractivity contribution in [3.8, 4) is 0 Å². The summed E-state index contributed by atoms with van der Waals surface area (Å²) in [7, 11) is 0. The van der Waals surface area contributed by atoms with Crippen LogP contribution in [0.1, 0.15) is 50.9 Å². The van der Waals surface area contributed by atoms with Gasteiger partial charge in [0.1, 0.15) is 5.54 Å². The number of aliphatic imine (C=N–C) groups is 1. The van der Waals surface area contributed by atoms with Crippen LogP contribution < -0.4 is 5.32 Å². The van der Waals surface area contributed by atoms with E-state index in [4.69, 9.17) is 4.74 Å². The first-order valence-corrected chi connectivity index (χ1v) is 8.44. The van der Waals surface area contributed by atoms with E-state index in [9.17, 15) is 9.59 Å². The maximum Gasteiger partial charge on any atom is 0.340 e. The normalized spacial score (nSPS) is 23.0. The lowest BCUT2D eigenvalue weighted by Gasteiger charge is -2.28. The van der Waals surface area contributed by atoms with Crippen LogP contribution in [0, 0.1) is 0 Å². The van der Waals surface area contributed by atoms with Crippen LogP contribution in [0.5, 0.6) is 0 Å². The number of carbonyl (C=O) groups excluding carboxylic acids is 2. The van der Waals surface area contributed by atoms with Crippen molar-refractivity contribution in [2.45, 2.75) is 51.6 Å². The Morgan fingerprint density at radius 2 is 1.96 bits per heavy atom. The molecule has 0 fully saturated rings. The number of carbonyl (C=O) groups is 2. The number of hydrogen-bond donors (Lipinski definition) is 1. The summed E-state index contributed by atoms with van der Waals surface area (Å²) in [6.07, 6.45) is 1.11. The quantitative estimate of drug-likeness (QED) is 0.795. The second-order valence-corrected chi connectivity index (χ2v) is 7.00. The van der Waals surface area contributed by atoms with Crippen molar-refractivity contribution in [2.24, 2.45) is 4.99 Å². The van der Waals surface area contributed by atoms with Gasteiger partial charge >= 0.3 is 5.97 Å². The van der Waals surface area contributed by atoms with Gasteiger partial charge in [-0.2, -0.15) is 0 Å². The Kier molecular flexibility index (Phi) is 4.94. The number of ether oxygens (including phenoxy) is 1. The molecule has 0 saturated heterocycles. The molecule has 5 nitrogen and oxygen atoms in total. The molecule has 0 unspecified atom stereocenters. The van der Waals surface area contributed by atoms with Crippen molar-refractivity contribution in [1.82, 2.24) is 5.32 Å². The van der Waals surface area contributed by atoms with Gasteiger partial charge in [-0.25, -0.2) is 9.79 Å². The van der Waals surface area contributed by atoms with Crippen LogP contribution in [0.2, 0.25) is 0 Å². The molecule has 0 aromatic heterocycles. The first kappa shape index (κ1) is 17.7. The topological polar surface area (TPSA) is 67.8 Å². The molecule has 23 heavy (non-hydrogen) atoms. The van der Waals surface area contributed by atoms with Gasteiger partial charge in [0, 0.05) is 10.0 Å². The van der Waals surface area contributed by atoms with Crippen LogP contribution in [0.4, 0.5) is 0 Å². The number of benzene rings is 1. The van der Waals surface area contributed by atoms with Gasteiger partial charge in [-0.3, -0.25) is 4.79 Å². The molecule has 1 aromatic carbocycles. The van der Waals surface area contributed by atoms with Gasteiger partial charge in [0.2, 0.25) is 5.90 Å². The molecule has 1 heterocycles. The number of hydrogen-bond acceptors (Lipinski definition) is 4. The van der Waals surface area contributed by atoms with Crippen LogP contribution in [0.25, 0.3) is 0 Å². The number of halogens is 1. The fraction of sp³-hybridized carbons (Fsp3) is 0.471.